The van der Waals surface area contributed by atoms with Crippen molar-refractivity contribution in [2.24, 2.45) is 0 Å². The number of benzene rings is 2. The number of hydrogen-bond donors (Lipinski definition) is 1. The minimum atomic E-state index is -2.46. The molecule has 2 aromatic carbocycles. The fraction of sp³-hybridized carbons (Fsp3) is 0.294. The van der Waals surface area contributed by atoms with Gasteiger partial charge >= 0.3 is 0 Å². The summed E-state index contributed by atoms with van der Waals surface area (Å²) in [6.45, 7) is 0. The van der Waals surface area contributed by atoms with E-state index in [2.05, 4.69) is 0 Å². The van der Waals surface area contributed by atoms with E-state index in [9.17, 15) is 8.78 Å². The number of hydrogen-bond acceptors (Lipinski definition) is 1. The number of alkyl halides is 2. The first-order chi connectivity index (χ1) is 10.0. The summed E-state index contributed by atoms with van der Waals surface area (Å²) >= 11 is 0. The summed E-state index contributed by atoms with van der Waals surface area (Å²) in [4.78, 5) is 1.04. The van der Waals surface area contributed by atoms with Crippen LogP contribution in [0.4, 0.5) is 14.5 Å². The Hall–Kier alpha value is -1.94. The second kappa shape index (κ2) is 6.68. The van der Waals surface area contributed by atoms with Gasteiger partial charge in [0.05, 0.1) is 21.2 Å². The molecule has 0 spiro atoms. The highest BCUT2D eigenvalue weighted by Gasteiger charge is 2.19. The Bertz CT molecular complexity index is 568. The van der Waals surface area contributed by atoms with Crippen LogP contribution in [0.15, 0.2) is 42.5 Å². The van der Waals surface area contributed by atoms with E-state index < -0.39 is 6.43 Å². The third-order valence-electron chi connectivity index (χ3n) is 3.53. The molecule has 1 N–H and O–H groups in total. The molecule has 21 heavy (non-hydrogen) atoms. The molecule has 0 aromatic heterocycles. The van der Waals surface area contributed by atoms with Gasteiger partial charge in [0.25, 0.3) is 6.43 Å². The van der Waals surface area contributed by atoms with Crippen molar-refractivity contribution in [2.75, 3.05) is 21.2 Å². The maximum absolute atomic E-state index is 13.3. The van der Waals surface area contributed by atoms with Gasteiger partial charge in [-0.15, -0.1) is 0 Å². The quantitative estimate of drug-likeness (QED) is 0.894. The molecule has 0 radical (unpaired) electrons. The van der Waals surface area contributed by atoms with Gasteiger partial charge in [0, 0.05) is 17.5 Å². The van der Waals surface area contributed by atoms with Crippen LogP contribution in [0.25, 0.3) is 0 Å². The van der Waals surface area contributed by atoms with Crippen LogP contribution in [0.5, 0.6) is 5.75 Å². The molecule has 2 aromatic rings. The second-order valence-corrected chi connectivity index (χ2v) is 5.20. The van der Waals surface area contributed by atoms with E-state index in [0.717, 1.165) is 21.9 Å². The summed E-state index contributed by atoms with van der Waals surface area (Å²) in [5, 5.41) is 0. The molecule has 0 aliphatic carbocycles. The fourth-order valence-corrected chi connectivity index (χ4v) is 2.42. The molecular weight excluding hydrogens is 272 g/mol. The summed E-state index contributed by atoms with van der Waals surface area (Å²) < 4.78 is 31.6. The molecule has 0 fully saturated rings. The van der Waals surface area contributed by atoms with Gasteiger partial charge in [-0.3, -0.25) is 0 Å². The van der Waals surface area contributed by atoms with Crippen molar-refractivity contribution in [3.63, 3.8) is 0 Å². The molecule has 0 aliphatic rings. The van der Waals surface area contributed by atoms with Gasteiger partial charge in [-0.25, -0.2) is 8.78 Å². The first-order valence-corrected chi connectivity index (χ1v) is 6.86. The number of halogens is 2. The monoisotopic (exact) mass is 292 g/mol. The minimum Gasteiger partial charge on any atom is -0.497 e. The van der Waals surface area contributed by atoms with E-state index in [1.54, 1.807) is 13.2 Å². The molecule has 0 saturated carbocycles. The van der Waals surface area contributed by atoms with Crippen LogP contribution in [0.3, 0.4) is 0 Å². The molecule has 0 unspecified atom stereocenters. The first kappa shape index (κ1) is 15.4. The zero-order valence-corrected chi connectivity index (χ0v) is 12.5. The molecule has 2 nitrogen and oxygen atoms in total. The maximum atomic E-state index is 13.3. The highest BCUT2D eigenvalue weighted by atomic mass is 19.3. The Morgan fingerprint density at radius 2 is 1.71 bits per heavy atom. The van der Waals surface area contributed by atoms with Crippen molar-refractivity contribution in [3.05, 3.63) is 59.2 Å². The average molecular weight is 292 g/mol. The molecular formula is C17H20F2NO+. The molecule has 0 heterocycles. The highest BCUT2D eigenvalue weighted by Crippen LogP contribution is 2.29. The van der Waals surface area contributed by atoms with Crippen LogP contribution in [-0.2, 0) is 6.42 Å². The van der Waals surface area contributed by atoms with E-state index in [-0.39, 0.29) is 5.56 Å². The Morgan fingerprint density at radius 1 is 1.05 bits per heavy atom. The van der Waals surface area contributed by atoms with Gasteiger partial charge in [-0.2, -0.15) is 0 Å². The van der Waals surface area contributed by atoms with Gasteiger partial charge < -0.3 is 9.64 Å². The first-order valence-electron chi connectivity index (χ1n) is 6.86. The summed E-state index contributed by atoms with van der Waals surface area (Å²) in [7, 11) is 5.50. The summed E-state index contributed by atoms with van der Waals surface area (Å²) in [5.41, 5.74) is 2.72. The number of methoxy groups -OCH3 is 1. The molecule has 0 bridgehead atoms. The van der Waals surface area contributed by atoms with E-state index in [0.29, 0.717) is 12.0 Å². The van der Waals surface area contributed by atoms with Crippen LogP contribution in [0.1, 0.15) is 23.1 Å². The average Bonchev–Trinajstić information content (AvgIpc) is 2.47. The van der Waals surface area contributed by atoms with Gasteiger partial charge in [0.15, 0.2) is 0 Å². The molecule has 2 rings (SSSR count). The standard InChI is InChI=1S/C17H19F2NO/c1-20(2)16-6-4-5-14(17(18)19)15(16)11-12-7-9-13(21-3)10-8-12/h4-10,17H,11H2,1-3H3/p+1. The lowest BCUT2D eigenvalue weighted by molar-refractivity contribution is -0.786. The smallest absolute Gasteiger partial charge is 0.264 e. The zero-order chi connectivity index (χ0) is 15.4. The van der Waals surface area contributed by atoms with Crippen molar-refractivity contribution in [1.82, 2.24) is 0 Å². The van der Waals surface area contributed by atoms with Crippen molar-refractivity contribution in [3.8, 4) is 5.75 Å². The topological polar surface area (TPSA) is 13.7 Å². The third kappa shape index (κ3) is 3.58. The minimum absolute atomic E-state index is 0.115. The number of ether oxygens (including phenoxy) is 1. The molecule has 0 atom stereocenters. The number of nitrogens with one attached hydrogen (secondary N) is 1. The summed E-state index contributed by atoms with van der Waals surface area (Å²) in [6.07, 6.45) is -1.97. The summed E-state index contributed by atoms with van der Waals surface area (Å²) in [6, 6.07) is 12.6. The number of quaternary nitrogens is 1. The Kier molecular flexibility index (Phi) is 4.91. The van der Waals surface area contributed by atoms with E-state index >= 15 is 0 Å². The van der Waals surface area contributed by atoms with Gasteiger partial charge in [-0.1, -0.05) is 24.3 Å². The second-order valence-electron chi connectivity index (χ2n) is 5.20. The molecule has 0 aliphatic heterocycles. The van der Waals surface area contributed by atoms with Crippen LogP contribution in [0, 0.1) is 0 Å². The third-order valence-corrected chi connectivity index (χ3v) is 3.53. The van der Waals surface area contributed by atoms with Gasteiger partial charge in [-0.05, 0) is 23.8 Å². The predicted octanol–water partition coefficient (Wildman–Crippen LogP) is 3.00. The molecule has 112 valence electrons. The largest absolute Gasteiger partial charge is 0.497 e. The van der Waals surface area contributed by atoms with E-state index in [1.165, 1.54) is 6.07 Å². The van der Waals surface area contributed by atoms with Crippen LogP contribution in [-0.4, -0.2) is 21.2 Å². The molecule has 4 heteroatoms. The van der Waals surface area contributed by atoms with Crippen molar-refractivity contribution < 1.29 is 18.4 Å². The molecule has 0 saturated heterocycles. The van der Waals surface area contributed by atoms with Crippen molar-refractivity contribution in [2.45, 2.75) is 12.8 Å². The lowest BCUT2D eigenvalue weighted by Gasteiger charge is -2.16. The SMILES string of the molecule is COc1ccc(Cc2c(C(F)F)cccc2[NH+](C)C)cc1. The van der Waals surface area contributed by atoms with Crippen molar-refractivity contribution in [1.29, 1.82) is 0 Å². The van der Waals surface area contributed by atoms with Gasteiger partial charge in [0.1, 0.15) is 11.4 Å². The van der Waals surface area contributed by atoms with Crippen molar-refractivity contribution >= 4 is 5.69 Å². The zero-order valence-electron chi connectivity index (χ0n) is 12.5. The van der Waals surface area contributed by atoms with Crippen LogP contribution in [0.2, 0.25) is 0 Å². The normalized spacial score (nSPS) is 11.2. The predicted molar refractivity (Wildman–Crippen MR) is 79.7 cm³/mol. The van der Waals surface area contributed by atoms with Gasteiger partial charge in [0.2, 0.25) is 0 Å². The number of rotatable bonds is 5. The van der Waals surface area contributed by atoms with E-state index in [1.807, 2.05) is 44.4 Å². The Labute approximate surface area is 124 Å². The van der Waals surface area contributed by atoms with Crippen LogP contribution < -0.4 is 9.64 Å². The summed E-state index contributed by atoms with van der Waals surface area (Å²) in [5.74, 6) is 0.763. The fourth-order valence-electron chi connectivity index (χ4n) is 2.42. The Morgan fingerprint density at radius 3 is 2.24 bits per heavy atom. The van der Waals surface area contributed by atoms with Crippen LogP contribution >= 0.6 is 0 Å². The lowest BCUT2D eigenvalue weighted by Crippen LogP contribution is -3.00. The lowest BCUT2D eigenvalue weighted by atomic mass is 9.97. The highest BCUT2D eigenvalue weighted by molar-refractivity contribution is 5.48. The van der Waals surface area contributed by atoms with E-state index in [4.69, 9.17) is 4.74 Å². The molecule has 0 amide bonds. The Balaban J connectivity index is 2.40. The maximum Gasteiger partial charge on any atom is 0.264 e.